The average Bonchev–Trinajstić information content (AvgIpc) is 2.42. The van der Waals surface area contributed by atoms with E-state index in [0.29, 0.717) is 6.42 Å². The van der Waals surface area contributed by atoms with E-state index in [9.17, 15) is 4.79 Å². The molecule has 106 valence electrons. The number of benzene rings is 1. The number of rotatable bonds is 7. The van der Waals surface area contributed by atoms with Gasteiger partial charge in [0, 0.05) is 39.3 Å². The van der Waals surface area contributed by atoms with E-state index in [1.807, 2.05) is 7.05 Å². The molecule has 1 rings (SSSR count). The largest absolute Gasteiger partial charge is 0.374 e. The monoisotopic (exact) mass is 263 g/mol. The number of anilines is 1. The van der Waals surface area contributed by atoms with E-state index in [1.165, 1.54) is 16.8 Å². The lowest BCUT2D eigenvalue weighted by molar-refractivity contribution is -0.120. The third kappa shape index (κ3) is 4.91. The minimum atomic E-state index is 0.0771. The van der Waals surface area contributed by atoms with Gasteiger partial charge in [0.1, 0.15) is 0 Å². The molecule has 0 saturated heterocycles. The van der Waals surface area contributed by atoms with Crippen molar-refractivity contribution in [2.24, 2.45) is 0 Å². The van der Waals surface area contributed by atoms with Gasteiger partial charge in [0.05, 0.1) is 0 Å². The fourth-order valence-electron chi connectivity index (χ4n) is 2.04. The van der Waals surface area contributed by atoms with Gasteiger partial charge in [-0.2, -0.15) is 0 Å². The Kier molecular flexibility index (Phi) is 6.36. The number of carbonyl (C=O) groups is 1. The fraction of sp³-hybridized carbons (Fsp3) is 0.533. The third-order valence-corrected chi connectivity index (χ3v) is 3.20. The maximum absolute atomic E-state index is 11.3. The van der Waals surface area contributed by atoms with Crippen LogP contribution in [0.2, 0.25) is 0 Å². The Morgan fingerprint density at radius 2 is 2.11 bits per heavy atom. The van der Waals surface area contributed by atoms with Gasteiger partial charge in [-0.25, -0.2) is 0 Å². The Labute approximate surface area is 116 Å². The molecular formula is C15H25N3O. The van der Waals surface area contributed by atoms with Crippen LogP contribution >= 0.6 is 0 Å². The van der Waals surface area contributed by atoms with Gasteiger partial charge in [-0.05, 0) is 30.7 Å². The SMILES string of the molecule is CCNCc1ccc(N(C)CCC(=O)NC)c(C)c1. The normalized spacial score (nSPS) is 10.3. The predicted molar refractivity (Wildman–Crippen MR) is 80.5 cm³/mol. The number of aryl methyl sites for hydroxylation is 1. The van der Waals surface area contributed by atoms with Gasteiger partial charge < -0.3 is 15.5 Å². The molecule has 0 heterocycles. The second kappa shape index (κ2) is 7.79. The number of nitrogens with zero attached hydrogens (tertiary/aromatic N) is 1. The van der Waals surface area contributed by atoms with E-state index in [2.05, 4.69) is 47.6 Å². The molecule has 0 aliphatic carbocycles. The van der Waals surface area contributed by atoms with Crippen molar-refractivity contribution in [2.45, 2.75) is 26.8 Å². The standard InChI is InChI=1S/C15H25N3O/c1-5-17-11-13-6-7-14(12(2)10-13)18(4)9-8-15(19)16-3/h6-7,10,17H,5,8-9,11H2,1-4H3,(H,16,19). The van der Waals surface area contributed by atoms with Crippen molar-refractivity contribution in [3.8, 4) is 0 Å². The molecule has 1 amide bonds. The minimum Gasteiger partial charge on any atom is -0.374 e. The summed E-state index contributed by atoms with van der Waals surface area (Å²) < 4.78 is 0. The smallest absolute Gasteiger partial charge is 0.221 e. The van der Waals surface area contributed by atoms with E-state index in [4.69, 9.17) is 0 Å². The Morgan fingerprint density at radius 1 is 1.37 bits per heavy atom. The molecule has 1 aromatic rings. The first-order valence-corrected chi connectivity index (χ1v) is 6.80. The van der Waals surface area contributed by atoms with E-state index in [-0.39, 0.29) is 5.91 Å². The molecule has 0 aliphatic heterocycles. The molecule has 0 unspecified atom stereocenters. The Morgan fingerprint density at radius 3 is 2.68 bits per heavy atom. The lowest BCUT2D eigenvalue weighted by Gasteiger charge is -2.21. The number of hydrogen-bond donors (Lipinski definition) is 2. The van der Waals surface area contributed by atoms with Gasteiger partial charge in [-0.1, -0.05) is 19.1 Å². The van der Waals surface area contributed by atoms with Crippen LogP contribution in [0.3, 0.4) is 0 Å². The van der Waals surface area contributed by atoms with Crippen LogP contribution in [0.15, 0.2) is 18.2 Å². The highest BCUT2D eigenvalue weighted by molar-refractivity contribution is 5.76. The molecule has 0 fully saturated rings. The zero-order chi connectivity index (χ0) is 14.3. The van der Waals surface area contributed by atoms with E-state index >= 15 is 0 Å². The van der Waals surface area contributed by atoms with E-state index in [0.717, 1.165) is 19.6 Å². The van der Waals surface area contributed by atoms with E-state index in [1.54, 1.807) is 7.05 Å². The molecule has 0 bridgehead atoms. The highest BCUT2D eigenvalue weighted by Gasteiger charge is 2.07. The topological polar surface area (TPSA) is 44.4 Å². The minimum absolute atomic E-state index is 0.0771. The Hall–Kier alpha value is -1.55. The van der Waals surface area contributed by atoms with Gasteiger partial charge in [-0.15, -0.1) is 0 Å². The molecule has 0 aliphatic rings. The summed E-state index contributed by atoms with van der Waals surface area (Å²) in [5.74, 6) is 0.0771. The van der Waals surface area contributed by atoms with Crippen LogP contribution < -0.4 is 15.5 Å². The molecule has 0 atom stereocenters. The summed E-state index contributed by atoms with van der Waals surface area (Å²) in [4.78, 5) is 13.4. The molecule has 0 saturated carbocycles. The van der Waals surface area contributed by atoms with Gasteiger partial charge >= 0.3 is 0 Å². The highest BCUT2D eigenvalue weighted by atomic mass is 16.1. The third-order valence-electron chi connectivity index (χ3n) is 3.20. The maximum atomic E-state index is 11.3. The first-order valence-electron chi connectivity index (χ1n) is 6.80. The van der Waals surface area contributed by atoms with Crippen LogP contribution in [-0.4, -0.2) is 33.1 Å². The van der Waals surface area contributed by atoms with Gasteiger partial charge in [0.15, 0.2) is 0 Å². The van der Waals surface area contributed by atoms with Crippen LogP contribution in [0, 0.1) is 6.92 Å². The van der Waals surface area contributed by atoms with Crippen LogP contribution in [0.5, 0.6) is 0 Å². The maximum Gasteiger partial charge on any atom is 0.221 e. The molecule has 4 heteroatoms. The lowest BCUT2D eigenvalue weighted by Crippen LogP contribution is -2.26. The molecule has 2 N–H and O–H groups in total. The van der Waals surface area contributed by atoms with Gasteiger partial charge in [0.2, 0.25) is 5.91 Å². The summed E-state index contributed by atoms with van der Waals surface area (Å²) in [7, 11) is 3.69. The summed E-state index contributed by atoms with van der Waals surface area (Å²) in [5, 5.41) is 5.97. The number of hydrogen-bond acceptors (Lipinski definition) is 3. The van der Waals surface area contributed by atoms with Crippen molar-refractivity contribution in [3.05, 3.63) is 29.3 Å². The van der Waals surface area contributed by atoms with Crippen LogP contribution in [0.1, 0.15) is 24.5 Å². The summed E-state index contributed by atoms with van der Waals surface area (Å²) >= 11 is 0. The molecule has 19 heavy (non-hydrogen) atoms. The summed E-state index contributed by atoms with van der Waals surface area (Å²) in [6, 6.07) is 6.47. The first-order chi connectivity index (χ1) is 9.08. The van der Waals surface area contributed by atoms with Crippen molar-refractivity contribution >= 4 is 11.6 Å². The quantitative estimate of drug-likeness (QED) is 0.786. The summed E-state index contributed by atoms with van der Waals surface area (Å²) in [5.41, 5.74) is 3.72. The molecule has 1 aromatic carbocycles. The number of carbonyl (C=O) groups excluding carboxylic acids is 1. The Balaban J connectivity index is 2.64. The van der Waals surface area contributed by atoms with Crippen LogP contribution in [-0.2, 0) is 11.3 Å². The molecule has 0 radical (unpaired) electrons. The van der Waals surface area contributed by atoms with Crippen molar-refractivity contribution in [2.75, 3.05) is 32.1 Å². The van der Waals surface area contributed by atoms with Gasteiger partial charge in [-0.3, -0.25) is 4.79 Å². The van der Waals surface area contributed by atoms with Crippen molar-refractivity contribution < 1.29 is 4.79 Å². The number of nitrogens with one attached hydrogen (secondary N) is 2. The zero-order valence-corrected chi connectivity index (χ0v) is 12.4. The summed E-state index contributed by atoms with van der Waals surface area (Å²) in [6.07, 6.45) is 0.519. The summed E-state index contributed by atoms with van der Waals surface area (Å²) in [6.45, 7) is 6.83. The van der Waals surface area contributed by atoms with Crippen LogP contribution in [0.25, 0.3) is 0 Å². The van der Waals surface area contributed by atoms with Crippen molar-refractivity contribution in [3.63, 3.8) is 0 Å². The molecule has 4 nitrogen and oxygen atoms in total. The van der Waals surface area contributed by atoms with Crippen molar-refractivity contribution in [1.82, 2.24) is 10.6 Å². The average molecular weight is 263 g/mol. The molecule has 0 spiro atoms. The second-order valence-corrected chi connectivity index (χ2v) is 4.75. The van der Waals surface area contributed by atoms with Crippen LogP contribution in [0.4, 0.5) is 5.69 Å². The first kappa shape index (κ1) is 15.5. The molecular weight excluding hydrogens is 238 g/mol. The van der Waals surface area contributed by atoms with E-state index < -0.39 is 0 Å². The second-order valence-electron chi connectivity index (χ2n) is 4.75. The van der Waals surface area contributed by atoms with Crippen molar-refractivity contribution in [1.29, 1.82) is 0 Å². The zero-order valence-electron chi connectivity index (χ0n) is 12.4. The highest BCUT2D eigenvalue weighted by Crippen LogP contribution is 2.20. The fourth-order valence-corrected chi connectivity index (χ4v) is 2.04. The lowest BCUT2D eigenvalue weighted by atomic mass is 10.1. The molecule has 0 aromatic heterocycles. The van der Waals surface area contributed by atoms with Gasteiger partial charge in [0.25, 0.3) is 0 Å². The number of amides is 1. The Bertz CT molecular complexity index is 418. The predicted octanol–water partition coefficient (Wildman–Crippen LogP) is 1.68.